The molecule has 10 nitrogen and oxygen atoms in total. The second kappa shape index (κ2) is 13.3. The maximum atomic E-state index is 13.6. The Morgan fingerprint density at radius 2 is 1.72 bits per heavy atom. The number of hydrogen-bond acceptors (Lipinski definition) is 9. The molecule has 0 radical (unpaired) electrons. The Kier molecular flexibility index (Phi) is 10.2. The van der Waals surface area contributed by atoms with Crippen LogP contribution in [0, 0.1) is 0 Å². The van der Waals surface area contributed by atoms with Crippen molar-refractivity contribution in [1.29, 1.82) is 0 Å². The zero-order valence-electron chi connectivity index (χ0n) is 23.2. The van der Waals surface area contributed by atoms with Crippen molar-refractivity contribution in [1.82, 2.24) is 5.32 Å². The summed E-state index contributed by atoms with van der Waals surface area (Å²) in [4.78, 5) is 30.8. The number of carbonyl (C=O) groups excluding carboxylic acids is 2. The Bertz CT molecular complexity index is 1130. The van der Waals surface area contributed by atoms with Crippen LogP contribution in [0.1, 0.15) is 51.2 Å². The molecule has 2 aromatic carbocycles. The number of benzene rings is 2. The van der Waals surface area contributed by atoms with Crippen LogP contribution in [0.5, 0.6) is 17.2 Å². The number of aliphatic hydroxyl groups excluding tert-OH is 1. The van der Waals surface area contributed by atoms with Gasteiger partial charge in [-0.05, 0) is 69.2 Å². The van der Waals surface area contributed by atoms with Gasteiger partial charge in [-0.25, -0.2) is 4.99 Å². The van der Waals surface area contributed by atoms with Gasteiger partial charge in [-0.2, -0.15) is 0 Å². The second-order valence-electron chi connectivity index (χ2n) is 10.2. The van der Waals surface area contributed by atoms with Crippen LogP contribution in [0.15, 0.2) is 47.5 Å². The number of amides is 1. The molecule has 1 aliphatic rings. The molecule has 0 fully saturated rings. The van der Waals surface area contributed by atoms with Crippen molar-refractivity contribution < 1.29 is 38.4 Å². The van der Waals surface area contributed by atoms with Crippen LogP contribution in [0.3, 0.4) is 0 Å². The zero-order valence-corrected chi connectivity index (χ0v) is 23.2. The average molecular weight is 543 g/mol. The van der Waals surface area contributed by atoms with E-state index in [1.54, 1.807) is 77.5 Å². The van der Waals surface area contributed by atoms with Gasteiger partial charge in [-0.3, -0.25) is 9.59 Å². The van der Waals surface area contributed by atoms with Crippen LogP contribution in [-0.4, -0.2) is 68.1 Å². The first-order valence-electron chi connectivity index (χ1n) is 12.9. The van der Waals surface area contributed by atoms with Crippen LogP contribution < -0.4 is 19.5 Å². The summed E-state index contributed by atoms with van der Waals surface area (Å²) >= 11 is 0. The fourth-order valence-corrected chi connectivity index (χ4v) is 3.92. The third-order valence-corrected chi connectivity index (χ3v) is 5.89. The van der Waals surface area contributed by atoms with Gasteiger partial charge in [-0.15, -0.1) is 0 Å². The number of methoxy groups -OCH3 is 2. The highest BCUT2D eigenvalue weighted by atomic mass is 16.6. The highest BCUT2D eigenvalue weighted by molar-refractivity contribution is 6.00. The standard InChI is InChI=1S/C29H38N2O8/c1-28(2,3)39-25(33)11-12-29(27(34)30-18-20-15-23(35-4)17-24(16-20)36-5)19-38-26(31-29)21-7-9-22(10-8-21)37-14-6-13-32/h7-10,15-17,32H,6,11-14,18-19H2,1-5H3,(H,30,34)/t29-/m1/s1. The summed E-state index contributed by atoms with van der Waals surface area (Å²) in [5.74, 6) is 1.37. The molecule has 3 rings (SSSR count). The van der Waals surface area contributed by atoms with Crippen molar-refractivity contribution in [2.24, 2.45) is 4.99 Å². The number of rotatable bonds is 13. The normalized spacial score (nSPS) is 16.6. The van der Waals surface area contributed by atoms with Crippen molar-refractivity contribution in [3.63, 3.8) is 0 Å². The second-order valence-corrected chi connectivity index (χ2v) is 10.2. The zero-order chi connectivity index (χ0) is 28.5. The highest BCUT2D eigenvalue weighted by Crippen LogP contribution is 2.29. The predicted molar refractivity (Wildman–Crippen MR) is 145 cm³/mol. The molecule has 0 spiro atoms. The lowest BCUT2D eigenvalue weighted by Crippen LogP contribution is -2.47. The molecule has 39 heavy (non-hydrogen) atoms. The molecule has 0 unspecified atom stereocenters. The Morgan fingerprint density at radius 3 is 2.31 bits per heavy atom. The molecule has 0 aromatic heterocycles. The van der Waals surface area contributed by atoms with Crippen LogP contribution in [0.2, 0.25) is 0 Å². The van der Waals surface area contributed by atoms with Crippen LogP contribution in [0.4, 0.5) is 0 Å². The summed E-state index contributed by atoms with van der Waals surface area (Å²) in [6, 6.07) is 12.5. The summed E-state index contributed by atoms with van der Waals surface area (Å²) in [5.41, 5.74) is -0.499. The third kappa shape index (κ3) is 8.61. The van der Waals surface area contributed by atoms with Gasteiger partial charge in [0.25, 0.3) is 5.91 Å². The van der Waals surface area contributed by atoms with Crippen LogP contribution in [-0.2, 0) is 25.6 Å². The first kappa shape index (κ1) is 29.8. The number of esters is 1. The lowest BCUT2D eigenvalue weighted by atomic mass is 9.94. The van der Waals surface area contributed by atoms with E-state index >= 15 is 0 Å². The Hall–Kier alpha value is -3.79. The largest absolute Gasteiger partial charge is 0.497 e. The van der Waals surface area contributed by atoms with Crippen LogP contribution in [0.25, 0.3) is 0 Å². The predicted octanol–water partition coefficient (Wildman–Crippen LogP) is 3.42. The summed E-state index contributed by atoms with van der Waals surface area (Å²) in [5, 5.41) is 11.9. The van der Waals surface area contributed by atoms with Crippen molar-refractivity contribution in [2.45, 2.75) is 57.7 Å². The number of aliphatic hydroxyl groups is 1. The Labute approximate surface area is 229 Å². The molecule has 0 saturated carbocycles. The van der Waals surface area contributed by atoms with Crippen molar-refractivity contribution >= 4 is 17.8 Å². The summed E-state index contributed by atoms with van der Waals surface area (Å²) in [7, 11) is 3.12. The van der Waals surface area contributed by atoms with E-state index in [-0.39, 0.29) is 38.5 Å². The molecular weight excluding hydrogens is 504 g/mol. The van der Waals surface area contributed by atoms with Gasteiger partial charge in [0, 0.05) is 37.6 Å². The summed E-state index contributed by atoms with van der Waals surface area (Å²) in [6.07, 6.45) is 0.645. The highest BCUT2D eigenvalue weighted by Gasteiger charge is 2.44. The number of ether oxygens (including phenoxy) is 5. The molecule has 0 bridgehead atoms. The fourth-order valence-electron chi connectivity index (χ4n) is 3.92. The van der Waals surface area contributed by atoms with E-state index in [9.17, 15) is 9.59 Å². The van der Waals surface area contributed by atoms with E-state index in [1.807, 2.05) is 0 Å². The lowest BCUT2D eigenvalue weighted by Gasteiger charge is -2.24. The van der Waals surface area contributed by atoms with E-state index in [2.05, 4.69) is 5.32 Å². The van der Waals surface area contributed by atoms with Gasteiger partial charge < -0.3 is 34.1 Å². The van der Waals surface area contributed by atoms with E-state index < -0.39 is 17.1 Å². The average Bonchev–Trinajstić information content (AvgIpc) is 3.35. The SMILES string of the molecule is COc1cc(CNC(=O)[C@@]2(CCC(=O)OC(C)(C)C)COC(c3ccc(OCCCO)cc3)=N2)cc(OC)c1. The van der Waals surface area contributed by atoms with Crippen molar-refractivity contribution in [3.05, 3.63) is 53.6 Å². The van der Waals surface area contributed by atoms with Crippen molar-refractivity contribution in [2.75, 3.05) is 34.0 Å². The summed E-state index contributed by atoms with van der Waals surface area (Å²) in [6.45, 7) is 6.02. The Morgan fingerprint density at radius 1 is 1.05 bits per heavy atom. The van der Waals surface area contributed by atoms with Gasteiger partial charge >= 0.3 is 5.97 Å². The smallest absolute Gasteiger partial charge is 0.306 e. The molecule has 1 aliphatic heterocycles. The van der Waals surface area contributed by atoms with Gasteiger partial charge in [0.15, 0.2) is 5.54 Å². The minimum Gasteiger partial charge on any atom is -0.497 e. The molecule has 2 N–H and O–H groups in total. The van der Waals surface area contributed by atoms with Gasteiger partial charge in [0.2, 0.25) is 5.90 Å². The quantitative estimate of drug-likeness (QED) is 0.291. The molecule has 1 heterocycles. The van der Waals surface area contributed by atoms with E-state index in [0.717, 1.165) is 5.56 Å². The molecule has 212 valence electrons. The van der Waals surface area contributed by atoms with E-state index in [0.29, 0.717) is 41.7 Å². The maximum absolute atomic E-state index is 13.6. The van der Waals surface area contributed by atoms with Gasteiger partial charge in [0.1, 0.15) is 29.5 Å². The number of nitrogens with zero attached hydrogens (tertiary/aromatic N) is 1. The minimum atomic E-state index is -1.31. The topological polar surface area (TPSA) is 125 Å². The minimum absolute atomic E-state index is 0.00452. The van der Waals surface area contributed by atoms with Crippen LogP contribution >= 0.6 is 0 Å². The number of aliphatic imine (C=N–C) groups is 1. The molecule has 2 aromatic rings. The number of nitrogens with one attached hydrogen (secondary N) is 1. The molecular formula is C29H38N2O8. The third-order valence-electron chi connectivity index (χ3n) is 5.89. The van der Waals surface area contributed by atoms with E-state index in [4.69, 9.17) is 33.8 Å². The molecule has 0 aliphatic carbocycles. The van der Waals surface area contributed by atoms with Gasteiger partial charge in [0.05, 0.1) is 20.8 Å². The maximum Gasteiger partial charge on any atom is 0.306 e. The van der Waals surface area contributed by atoms with Gasteiger partial charge in [-0.1, -0.05) is 0 Å². The molecule has 1 amide bonds. The first-order chi connectivity index (χ1) is 18.6. The number of carbonyl (C=O) groups is 2. The lowest BCUT2D eigenvalue weighted by molar-refractivity contribution is -0.155. The monoisotopic (exact) mass is 542 g/mol. The fraction of sp³-hybridized carbons (Fsp3) is 0.483. The number of hydrogen-bond donors (Lipinski definition) is 2. The summed E-state index contributed by atoms with van der Waals surface area (Å²) < 4.78 is 27.6. The molecule has 10 heteroatoms. The Balaban J connectivity index is 1.80. The van der Waals surface area contributed by atoms with Crippen molar-refractivity contribution in [3.8, 4) is 17.2 Å². The van der Waals surface area contributed by atoms with E-state index in [1.165, 1.54) is 0 Å². The molecule has 1 atom stereocenters. The molecule has 0 saturated heterocycles. The first-order valence-corrected chi connectivity index (χ1v) is 12.9.